The second-order valence-electron chi connectivity index (χ2n) is 7.06. The van der Waals surface area contributed by atoms with Gasteiger partial charge in [0.05, 0.1) is 6.20 Å². The number of halogens is 1. The van der Waals surface area contributed by atoms with Crippen molar-refractivity contribution in [1.29, 1.82) is 0 Å². The molecule has 5 nitrogen and oxygen atoms in total. The normalized spacial score (nSPS) is 21.2. The van der Waals surface area contributed by atoms with E-state index in [9.17, 15) is 4.39 Å². The number of rotatable bonds is 3. The summed E-state index contributed by atoms with van der Waals surface area (Å²) in [4.78, 5) is 17.6. The van der Waals surface area contributed by atoms with Crippen LogP contribution in [0.4, 0.5) is 10.2 Å². The van der Waals surface area contributed by atoms with Crippen LogP contribution in [0.25, 0.3) is 0 Å². The smallest absolute Gasteiger partial charge is 0.145 e. The SMILES string of the molecule is CC1CN(c2ncnc3c2CCCC3)CCN1Cc1ccncc1F. The second-order valence-corrected chi connectivity index (χ2v) is 7.06. The van der Waals surface area contributed by atoms with Crippen molar-refractivity contribution in [2.45, 2.75) is 45.2 Å². The van der Waals surface area contributed by atoms with Gasteiger partial charge in [-0.2, -0.15) is 0 Å². The van der Waals surface area contributed by atoms with Gasteiger partial charge < -0.3 is 4.90 Å². The predicted octanol–water partition coefficient (Wildman–Crippen LogP) is 2.60. The van der Waals surface area contributed by atoms with Gasteiger partial charge in [-0.25, -0.2) is 14.4 Å². The molecule has 132 valence electrons. The minimum Gasteiger partial charge on any atom is -0.353 e. The summed E-state index contributed by atoms with van der Waals surface area (Å²) in [5, 5.41) is 0. The Labute approximate surface area is 147 Å². The Morgan fingerprint density at radius 1 is 1.20 bits per heavy atom. The van der Waals surface area contributed by atoms with Gasteiger partial charge in [0.25, 0.3) is 0 Å². The van der Waals surface area contributed by atoms with Crippen LogP contribution in [0.15, 0.2) is 24.8 Å². The third-order valence-electron chi connectivity index (χ3n) is 5.40. The lowest BCUT2D eigenvalue weighted by Gasteiger charge is -2.41. The Bertz CT molecular complexity index is 750. The van der Waals surface area contributed by atoms with Gasteiger partial charge in [-0.3, -0.25) is 9.88 Å². The minimum atomic E-state index is -0.220. The number of pyridine rings is 1. The average Bonchev–Trinajstić information content (AvgIpc) is 2.64. The number of aromatic nitrogens is 3. The molecule has 0 amide bonds. The molecule has 1 fully saturated rings. The van der Waals surface area contributed by atoms with E-state index in [1.54, 1.807) is 18.6 Å². The van der Waals surface area contributed by atoms with E-state index in [-0.39, 0.29) is 5.82 Å². The first-order valence-corrected chi connectivity index (χ1v) is 9.12. The molecular weight excluding hydrogens is 317 g/mol. The van der Waals surface area contributed by atoms with Crippen LogP contribution in [0.3, 0.4) is 0 Å². The lowest BCUT2D eigenvalue weighted by Crippen LogP contribution is -2.52. The molecule has 1 aliphatic carbocycles. The molecule has 1 atom stereocenters. The highest BCUT2D eigenvalue weighted by Crippen LogP contribution is 2.28. The van der Waals surface area contributed by atoms with Crippen LogP contribution < -0.4 is 4.90 Å². The van der Waals surface area contributed by atoms with Gasteiger partial charge in [0.1, 0.15) is 18.0 Å². The Hall–Kier alpha value is -2.08. The molecule has 25 heavy (non-hydrogen) atoms. The fourth-order valence-electron chi connectivity index (χ4n) is 3.95. The van der Waals surface area contributed by atoms with Gasteiger partial charge in [-0.15, -0.1) is 0 Å². The highest BCUT2D eigenvalue weighted by atomic mass is 19.1. The lowest BCUT2D eigenvalue weighted by molar-refractivity contribution is 0.178. The van der Waals surface area contributed by atoms with Gasteiger partial charge in [-0.1, -0.05) is 0 Å². The summed E-state index contributed by atoms with van der Waals surface area (Å²) in [5.41, 5.74) is 3.29. The third-order valence-corrected chi connectivity index (χ3v) is 5.40. The van der Waals surface area contributed by atoms with Crippen molar-refractivity contribution in [2.24, 2.45) is 0 Å². The first kappa shape index (κ1) is 16.4. The van der Waals surface area contributed by atoms with Crippen molar-refractivity contribution >= 4 is 5.82 Å². The molecule has 0 radical (unpaired) electrons. The molecule has 1 aliphatic heterocycles. The molecule has 0 aromatic carbocycles. The maximum absolute atomic E-state index is 13.9. The average molecular weight is 341 g/mol. The highest BCUT2D eigenvalue weighted by Gasteiger charge is 2.27. The van der Waals surface area contributed by atoms with Gasteiger partial charge in [0.15, 0.2) is 0 Å². The van der Waals surface area contributed by atoms with E-state index in [1.165, 1.54) is 30.3 Å². The van der Waals surface area contributed by atoms with E-state index in [0.29, 0.717) is 12.6 Å². The number of anilines is 1. The van der Waals surface area contributed by atoms with Crippen LogP contribution in [0, 0.1) is 5.82 Å². The molecule has 1 saturated heterocycles. The van der Waals surface area contributed by atoms with Crippen LogP contribution in [-0.4, -0.2) is 45.5 Å². The van der Waals surface area contributed by atoms with Crippen molar-refractivity contribution in [3.05, 3.63) is 47.4 Å². The molecule has 0 saturated carbocycles. The van der Waals surface area contributed by atoms with Crippen molar-refractivity contribution in [3.63, 3.8) is 0 Å². The molecule has 1 unspecified atom stereocenters. The Balaban J connectivity index is 1.48. The fourth-order valence-corrected chi connectivity index (χ4v) is 3.95. The molecule has 2 aromatic rings. The number of aryl methyl sites for hydroxylation is 1. The monoisotopic (exact) mass is 341 g/mol. The van der Waals surface area contributed by atoms with E-state index in [2.05, 4.69) is 31.7 Å². The van der Waals surface area contributed by atoms with E-state index in [1.807, 2.05) is 0 Å². The molecular formula is C19H24FN5. The van der Waals surface area contributed by atoms with Gasteiger partial charge in [0, 0.05) is 55.2 Å². The largest absolute Gasteiger partial charge is 0.353 e. The summed E-state index contributed by atoms with van der Waals surface area (Å²) >= 11 is 0. The van der Waals surface area contributed by atoms with Crippen LogP contribution in [-0.2, 0) is 19.4 Å². The van der Waals surface area contributed by atoms with Crippen LogP contribution >= 0.6 is 0 Å². The maximum atomic E-state index is 13.9. The van der Waals surface area contributed by atoms with Gasteiger partial charge in [0.2, 0.25) is 0 Å². The van der Waals surface area contributed by atoms with E-state index >= 15 is 0 Å². The van der Waals surface area contributed by atoms with Crippen LogP contribution in [0.1, 0.15) is 36.6 Å². The number of fused-ring (bicyclic) bond motifs is 1. The molecule has 6 heteroatoms. The first-order chi connectivity index (χ1) is 12.2. The van der Waals surface area contributed by atoms with Gasteiger partial charge >= 0.3 is 0 Å². The number of piperazine rings is 1. The summed E-state index contributed by atoms with van der Waals surface area (Å²) < 4.78 is 13.9. The Morgan fingerprint density at radius 2 is 2.08 bits per heavy atom. The molecule has 4 rings (SSSR count). The van der Waals surface area contributed by atoms with Gasteiger partial charge in [-0.05, 0) is 38.7 Å². The molecule has 0 spiro atoms. The maximum Gasteiger partial charge on any atom is 0.145 e. The first-order valence-electron chi connectivity index (χ1n) is 9.12. The van der Waals surface area contributed by atoms with Crippen LogP contribution in [0.5, 0.6) is 0 Å². The highest BCUT2D eigenvalue weighted by molar-refractivity contribution is 5.50. The molecule has 0 bridgehead atoms. The minimum absolute atomic E-state index is 0.220. The van der Waals surface area contributed by atoms with E-state index < -0.39 is 0 Å². The lowest BCUT2D eigenvalue weighted by atomic mass is 9.96. The number of hydrogen-bond acceptors (Lipinski definition) is 5. The molecule has 0 N–H and O–H groups in total. The quantitative estimate of drug-likeness (QED) is 0.859. The Kier molecular flexibility index (Phi) is 4.61. The number of nitrogens with zero attached hydrogens (tertiary/aromatic N) is 5. The zero-order valence-corrected chi connectivity index (χ0v) is 14.7. The zero-order valence-electron chi connectivity index (χ0n) is 14.7. The van der Waals surface area contributed by atoms with Crippen molar-refractivity contribution in [3.8, 4) is 0 Å². The third kappa shape index (κ3) is 3.35. The summed E-state index contributed by atoms with van der Waals surface area (Å²) in [6.07, 6.45) is 9.28. The summed E-state index contributed by atoms with van der Waals surface area (Å²) in [6.45, 7) is 5.57. The van der Waals surface area contributed by atoms with E-state index in [4.69, 9.17) is 0 Å². The topological polar surface area (TPSA) is 45.2 Å². The summed E-state index contributed by atoms with van der Waals surface area (Å²) in [5.74, 6) is 0.897. The fraction of sp³-hybridized carbons (Fsp3) is 0.526. The predicted molar refractivity (Wildman–Crippen MR) is 95.0 cm³/mol. The van der Waals surface area contributed by atoms with Crippen molar-refractivity contribution in [2.75, 3.05) is 24.5 Å². The molecule has 2 aliphatic rings. The zero-order chi connectivity index (χ0) is 17.2. The molecule has 3 heterocycles. The number of hydrogen-bond donors (Lipinski definition) is 0. The summed E-state index contributed by atoms with van der Waals surface area (Å²) in [7, 11) is 0. The molecule has 2 aromatic heterocycles. The van der Waals surface area contributed by atoms with Crippen LogP contribution in [0.2, 0.25) is 0 Å². The summed E-state index contributed by atoms with van der Waals surface area (Å²) in [6, 6.07) is 2.12. The second kappa shape index (κ2) is 7.04. The standard InChI is InChI=1S/C19H24FN5/c1-14-11-25(19-16-4-2-3-5-18(16)22-13-23-19)9-8-24(14)12-15-6-7-21-10-17(15)20/h6-7,10,13-14H,2-5,8-9,11-12H2,1H3. The Morgan fingerprint density at radius 3 is 2.92 bits per heavy atom. The van der Waals surface area contributed by atoms with Crippen molar-refractivity contribution in [1.82, 2.24) is 19.9 Å². The van der Waals surface area contributed by atoms with E-state index in [0.717, 1.165) is 43.9 Å². The van der Waals surface area contributed by atoms with Crippen molar-refractivity contribution < 1.29 is 4.39 Å².